The van der Waals surface area contributed by atoms with Gasteiger partial charge in [-0.3, -0.25) is 14.9 Å². The first-order valence-electron chi connectivity index (χ1n) is 6.85. The van der Waals surface area contributed by atoms with Crippen LogP contribution < -0.4 is 14.9 Å². The molecule has 2 aromatic carbocycles. The van der Waals surface area contributed by atoms with E-state index in [1.165, 1.54) is 44.7 Å². The van der Waals surface area contributed by atoms with Crippen LogP contribution in [0.2, 0.25) is 0 Å². The lowest BCUT2D eigenvalue weighted by molar-refractivity contribution is -0.384. The molecule has 0 atom stereocenters. The second-order valence-electron chi connectivity index (χ2n) is 4.62. The number of nitro groups is 1. The third-order valence-electron chi connectivity index (χ3n) is 3.11. The molecule has 0 spiro atoms. The molecule has 0 fully saturated rings. The molecule has 8 nitrogen and oxygen atoms in total. The summed E-state index contributed by atoms with van der Waals surface area (Å²) >= 11 is 0. The van der Waals surface area contributed by atoms with Crippen LogP contribution in [0.5, 0.6) is 11.5 Å². The van der Waals surface area contributed by atoms with E-state index in [9.17, 15) is 14.9 Å². The number of hydrogen-bond donors (Lipinski definition) is 1. The average molecular weight is 329 g/mol. The van der Waals surface area contributed by atoms with Crippen molar-refractivity contribution in [2.75, 3.05) is 14.2 Å². The van der Waals surface area contributed by atoms with Crippen LogP contribution in [0, 0.1) is 10.1 Å². The minimum atomic E-state index is -0.500. The predicted octanol–water partition coefficient (Wildman–Crippen LogP) is 2.38. The number of hydrogen-bond acceptors (Lipinski definition) is 6. The number of benzene rings is 2. The Balaban J connectivity index is 2.07. The molecular formula is C16H15N3O5. The number of hydrazone groups is 1. The lowest BCUT2D eigenvalue weighted by Gasteiger charge is -2.08. The van der Waals surface area contributed by atoms with Gasteiger partial charge in [-0.25, -0.2) is 5.43 Å². The summed E-state index contributed by atoms with van der Waals surface area (Å²) in [6, 6.07) is 10.6. The van der Waals surface area contributed by atoms with Crippen LogP contribution in [0.1, 0.15) is 15.9 Å². The van der Waals surface area contributed by atoms with Gasteiger partial charge in [0.25, 0.3) is 11.6 Å². The molecule has 2 aromatic rings. The number of rotatable bonds is 6. The van der Waals surface area contributed by atoms with E-state index in [1.54, 1.807) is 18.2 Å². The Labute approximate surface area is 137 Å². The molecular weight excluding hydrogens is 314 g/mol. The van der Waals surface area contributed by atoms with Crippen molar-refractivity contribution in [1.82, 2.24) is 5.43 Å². The average Bonchev–Trinajstić information content (AvgIpc) is 2.61. The Bertz CT molecular complexity index is 789. The van der Waals surface area contributed by atoms with Gasteiger partial charge >= 0.3 is 0 Å². The number of ether oxygens (including phenoxy) is 2. The first kappa shape index (κ1) is 16.9. The van der Waals surface area contributed by atoms with Gasteiger partial charge < -0.3 is 9.47 Å². The highest BCUT2D eigenvalue weighted by Gasteiger charge is 2.10. The van der Waals surface area contributed by atoms with E-state index in [2.05, 4.69) is 10.5 Å². The highest BCUT2D eigenvalue weighted by molar-refractivity contribution is 5.95. The first-order chi connectivity index (χ1) is 11.5. The molecule has 0 aliphatic carbocycles. The van der Waals surface area contributed by atoms with Gasteiger partial charge in [0.1, 0.15) is 0 Å². The summed E-state index contributed by atoms with van der Waals surface area (Å²) in [7, 11) is 2.97. The number of methoxy groups -OCH3 is 2. The Kier molecular flexibility index (Phi) is 5.45. The van der Waals surface area contributed by atoms with Crippen molar-refractivity contribution in [3.05, 3.63) is 63.7 Å². The maximum atomic E-state index is 12.0. The van der Waals surface area contributed by atoms with E-state index >= 15 is 0 Å². The minimum absolute atomic E-state index is 0.0508. The molecule has 0 aliphatic heterocycles. The molecule has 2 rings (SSSR count). The largest absolute Gasteiger partial charge is 0.493 e. The first-order valence-corrected chi connectivity index (χ1v) is 6.85. The van der Waals surface area contributed by atoms with Gasteiger partial charge in [0.05, 0.1) is 25.4 Å². The van der Waals surface area contributed by atoms with Crippen molar-refractivity contribution >= 4 is 17.8 Å². The molecule has 0 aromatic heterocycles. The van der Waals surface area contributed by atoms with E-state index in [0.717, 1.165) is 0 Å². The third-order valence-corrected chi connectivity index (χ3v) is 3.11. The molecule has 1 N–H and O–H groups in total. The second-order valence-corrected chi connectivity index (χ2v) is 4.62. The fraction of sp³-hybridized carbons (Fsp3) is 0.125. The van der Waals surface area contributed by atoms with Crippen LogP contribution in [0.15, 0.2) is 47.6 Å². The molecule has 0 unspecified atom stereocenters. The number of carbonyl (C=O) groups excluding carboxylic acids is 1. The maximum Gasteiger partial charge on any atom is 0.271 e. The highest BCUT2D eigenvalue weighted by atomic mass is 16.6. The molecule has 0 heterocycles. The fourth-order valence-electron chi connectivity index (χ4n) is 1.93. The van der Waals surface area contributed by atoms with Crippen molar-refractivity contribution in [2.45, 2.75) is 0 Å². The van der Waals surface area contributed by atoms with Gasteiger partial charge in [-0.15, -0.1) is 0 Å². The molecule has 0 radical (unpaired) electrons. The number of nitrogens with one attached hydrogen (secondary N) is 1. The zero-order valence-corrected chi connectivity index (χ0v) is 13.1. The fourth-order valence-corrected chi connectivity index (χ4v) is 1.93. The summed E-state index contributed by atoms with van der Waals surface area (Å²) in [5.41, 5.74) is 3.13. The summed E-state index contributed by atoms with van der Waals surface area (Å²) in [4.78, 5) is 22.3. The SMILES string of the molecule is COc1ccc(C(=O)N/N=C\c2cccc([N+](=O)[O-])c2)cc1OC. The lowest BCUT2D eigenvalue weighted by atomic mass is 10.2. The number of carbonyl (C=O) groups is 1. The molecule has 1 amide bonds. The molecule has 124 valence electrons. The van der Waals surface area contributed by atoms with Crippen molar-refractivity contribution in [2.24, 2.45) is 5.10 Å². The van der Waals surface area contributed by atoms with Gasteiger partial charge in [0.2, 0.25) is 0 Å². The number of non-ortho nitro benzene ring substituents is 1. The minimum Gasteiger partial charge on any atom is -0.493 e. The maximum absolute atomic E-state index is 12.0. The van der Waals surface area contributed by atoms with Crippen molar-refractivity contribution in [1.29, 1.82) is 0 Å². The van der Waals surface area contributed by atoms with E-state index < -0.39 is 10.8 Å². The van der Waals surface area contributed by atoms with E-state index in [1.807, 2.05) is 0 Å². The van der Waals surface area contributed by atoms with Crippen LogP contribution in [-0.4, -0.2) is 31.3 Å². The Morgan fingerprint density at radius 3 is 2.58 bits per heavy atom. The van der Waals surface area contributed by atoms with Crippen LogP contribution in [0.4, 0.5) is 5.69 Å². The highest BCUT2D eigenvalue weighted by Crippen LogP contribution is 2.27. The number of amides is 1. The summed E-state index contributed by atoms with van der Waals surface area (Å²) in [5.74, 6) is 0.486. The van der Waals surface area contributed by atoms with Gasteiger partial charge in [-0.2, -0.15) is 5.10 Å². The normalized spacial score (nSPS) is 10.4. The smallest absolute Gasteiger partial charge is 0.271 e. The topological polar surface area (TPSA) is 103 Å². The molecule has 0 saturated carbocycles. The standard InChI is InChI=1S/C16H15N3O5/c1-23-14-7-6-12(9-15(14)24-2)16(20)18-17-10-11-4-3-5-13(8-11)19(21)22/h3-10H,1-2H3,(H,18,20)/b17-10-. The Hall–Kier alpha value is -3.42. The zero-order valence-electron chi connectivity index (χ0n) is 13.1. The predicted molar refractivity (Wildman–Crippen MR) is 87.7 cm³/mol. The summed E-state index contributed by atoms with van der Waals surface area (Å²) in [6.07, 6.45) is 1.33. The second kappa shape index (κ2) is 7.73. The number of nitro benzene ring substituents is 1. The number of nitrogens with zero attached hydrogens (tertiary/aromatic N) is 2. The van der Waals surface area contributed by atoms with E-state index in [0.29, 0.717) is 22.6 Å². The molecule has 0 bridgehead atoms. The lowest BCUT2D eigenvalue weighted by Crippen LogP contribution is -2.17. The van der Waals surface area contributed by atoms with Crippen LogP contribution >= 0.6 is 0 Å². The Morgan fingerprint density at radius 2 is 1.92 bits per heavy atom. The molecule has 8 heteroatoms. The van der Waals surface area contributed by atoms with E-state index in [4.69, 9.17) is 9.47 Å². The summed E-state index contributed by atoms with van der Waals surface area (Å²) in [5, 5.41) is 14.5. The molecule has 0 saturated heterocycles. The monoisotopic (exact) mass is 329 g/mol. The van der Waals surface area contributed by atoms with E-state index in [-0.39, 0.29) is 5.69 Å². The zero-order chi connectivity index (χ0) is 17.5. The van der Waals surface area contributed by atoms with Crippen molar-refractivity contribution in [3.8, 4) is 11.5 Å². The third kappa shape index (κ3) is 4.07. The molecule has 0 aliphatic rings. The van der Waals surface area contributed by atoms with Crippen LogP contribution in [-0.2, 0) is 0 Å². The van der Waals surface area contributed by atoms with Crippen molar-refractivity contribution < 1.29 is 19.2 Å². The van der Waals surface area contributed by atoms with Crippen LogP contribution in [0.3, 0.4) is 0 Å². The van der Waals surface area contributed by atoms with Crippen LogP contribution in [0.25, 0.3) is 0 Å². The quantitative estimate of drug-likeness (QED) is 0.498. The van der Waals surface area contributed by atoms with Gasteiger partial charge in [0.15, 0.2) is 11.5 Å². The summed E-state index contributed by atoms with van der Waals surface area (Å²) < 4.78 is 10.2. The van der Waals surface area contributed by atoms with Crippen molar-refractivity contribution in [3.63, 3.8) is 0 Å². The summed E-state index contributed by atoms with van der Waals surface area (Å²) in [6.45, 7) is 0. The Morgan fingerprint density at radius 1 is 1.17 bits per heavy atom. The van der Waals surface area contributed by atoms with Gasteiger partial charge in [-0.05, 0) is 18.2 Å². The van der Waals surface area contributed by atoms with Gasteiger partial charge in [0, 0.05) is 23.3 Å². The molecule has 24 heavy (non-hydrogen) atoms. The van der Waals surface area contributed by atoms with Gasteiger partial charge in [-0.1, -0.05) is 12.1 Å².